The van der Waals surface area contributed by atoms with Crippen LogP contribution in [0.25, 0.3) is 0 Å². The summed E-state index contributed by atoms with van der Waals surface area (Å²) in [5.41, 5.74) is 0.991. The minimum absolute atomic E-state index is 0.401. The highest BCUT2D eigenvalue weighted by Gasteiger charge is 2.36. The SMILES string of the molecule is CC(O)c1cn(CC2(O)CCN(Cc3ccccc3)C2)nn1. The van der Waals surface area contributed by atoms with E-state index in [-0.39, 0.29) is 0 Å². The van der Waals surface area contributed by atoms with Gasteiger partial charge in [0.15, 0.2) is 0 Å². The molecule has 1 fully saturated rings. The molecule has 0 bridgehead atoms. The van der Waals surface area contributed by atoms with E-state index in [1.54, 1.807) is 17.8 Å². The van der Waals surface area contributed by atoms with Crippen LogP contribution in [0.5, 0.6) is 0 Å². The molecule has 0 saturated carbocycles. The summed E-state index contributed by atoms with van der Waals surface area (Å²) in [4.78, 5) is 2.25. The average Bonchev–Trinajstić information content (AvgIpc) is 3.08. The molecule has 22 heavy (non-hydrogen) atoms. The first-order valence-corrected chi connectivity index (χ1v) is 7.61. The molecule has 2 heterocycles. The highest BCUT2D eigenvalue weighted by Crippen LogP contribution is 2.24. The molecule has 6 nitrogen and oxygen atoms in total. The molecule has 1 aliphatic heterocycles. The average molecular weight is 302 g/mol. The zero-order valence-corrected chi connectivity index (χ0v) is 12.8. The van der Waals surface area contributed by atoms with Crippen LogP contribution in [-0.4, -0.2) is 48.8 Å². The third kappa shape index (κ3) is 3.52. The van der Waals surface area contributed by atoms with Crippen molar-refractivity contribution < 1.29 is 10.2 Å². The fourth-order valence-electron chi connectivity index (χ4n) is 2.93. The Morgan fingerprint density at radius 1 is 1.32 bits per heavy atom. The van der Waals surface area contributed by atoms with Gasteiger partial charge >= 0.3 is 0 Å². The first-order valence-electron chi connectivity index (χ1n) is 7.61. The number of aromatic nitrogens is 3. The Balaban J connectivity index is 1.60. The van der Waals surface area contributed by atoms with Gasteiger partial charge in [-0.2, -0.15) is 0 Å². The van der Waals surface area contributed by atoms with Crippen LogP contribution in [0.1, 0.15) is 30.7 Å². The van der Waals surface area contributed by atoms with Crippen LogP contribution in [0, 0.1) is 0 Å². The molecule has 6 heteroatoms. The van der Waals surface area contributed by atoms with Crippen LogP contribution >= 0.6 is 0 Å². The molecule has 0 amide bonds. The Bertz CT molecular complexity index is 614. The van der Waals surface area contributed by atoms with Crippen LogP contribution in [-0.2, 0) is 13.1 Å². The molecule has 1 saturated heterocycles. The van der Waals surface area contributed by atoms with Gasteiger partial charge in [0.1, 0.15) is 5.69 Å². The number of hydrogen-bond donors (Lipinski definition) is 2. The van der Waals surface area contributed by atoms with Gasteiger partial charge in [0.25, 0.3) is 0 Å². The van der Waals surface area contributed by atoms with E-state index in [0.29, 0.717) is 25.2 Å². The molecule has 0 aliphatic carbocycles. The summed E-state index contributed by atoms with van der Waals surface area (Å²) in [5.74, 6) is 0. The van der Waals surface area contributed by atoms with Gasteiger partial charge in [-0.1, -0.05) is 35.5 Å². The smallest absolute Gasteiger partial charge is 0.111 e. The van der Waals surface area contributed by atoms with Gasteiger partial charge in [-0.05, 0) is 18.9 Å². The lowest BCUT2D eigenvalue weighted by Gasteiger charge is -2.23. The van der Waals surface area contributed by atoms with Crippen molar-refractivity contribution in [2.75, 3.05) is 13.1 Å². The van der Waals surface area contributed by atoms with Gasteiger partial charge in [-0.25, -0.2) is 4.68 Å². The number of hydrogen-bond acceptors (Lipinski definition) is 5. The van der Waals surface area contributed by atoms with Gasteiger partial charge < -0.3 is 10.2 Å². The van der Waals surface area contributed by atoms with Crippen molar-refractivity contribution in [2.24, 2.45) is 0 Å². The first-order chi connectivity index (χ1) is 10.5. The second-order valence-corrected chi connectivity index (χ2v) is 6.19. The number of aliphatic hydroxyl groups excluding tert-OH is 1. The van der Waals surface area contributed by atoms with E-state index >= 15 is 0 Å². The molecule has 1 aromatic carbocycles. The molecule has 1 aliphatic rings. The largest absolute Gasteiger partial charge is 0.387 e. The molecule has 2 atom stereocenters. The van der Waals surface area contributed by atoms with Crippen LogP contribution in [0.15, 0.2) is 36.5 Å². The monoisotopic (exact) mass is 302 g/mol. The standard InChI is InChI=1S/C16H22N4O2/c1-13(21)15-10-20(18-17-15)12-16(22)7-8-19(11-16)9-14-5-3-2-4-6-14/h2-6,10,13,21-22H,7-9,11-12H2,1H3. The summed E-state index contributed by atoms with van der Waals surface area (Å²) in [6.07, 6.45) is 1.77. The van der Waals surface area contributed by atoms with E-state index in [1.165, 1.54) is 5.56 Å². The fourth-order valence-corrected chi connectivity index (χ4v) is 2.93. The van der Waals surface area contributed by atoms with E-state index < -0.39 is 11.7 Å². The number of likely N-dealkylation sites (tertiary alicyclic amines) is 1. The van der Waals surface area contributed by atoms with Crippen LogP contribution in [0.2, 0.25) is 0 Å². The van der Waals surface area contributed by atoms with Crippen molar-refractivity contribution in [3.05, 3.63) is 47.8 Å². The van der Waals surface area contributed by atoms with Crippen LogP contribution in [0.3, 0.4) is 0 Å². The molecule has 0 spiro atoms. The maximum Gasteiger partial charge on any atom is 0.111 e. The molecule has 2 aromatic rings. The molecular formula is C16H22N4O2. The van der Waals surface area contributed by atoms with Crippen LogP contribution in [0.4, 0.5) is 0 Å². The maximum absolute atomic E-state index is 10.7. The molecule has 2 unspecified atom stereocenters. The Kier molecular flexibility index (Phi) is 4.24. The summed E-state index contributed by atoms with van der Waals surface area (Å²) in [5, 5.41) is 28.1. The molecular weight excluding hydrogens is 280 g/mol. The molecule has 0 radical (unpaired) electrons. The molecule has 118 valence electrons. The van der Waals surface area contributed by atoms with Gasteiger partial charge in [0.2, 0.25) is 0 Å². The number of aliphatic hydroxyl groups is 2. The number of nitrogens with zero attached hydrogens (tertiary/aromatic N) is 4. The Labute approximate surface area is 130 Å². The van der Waals surface area contributed by atoms with E-state index in [2.05, 4.69) is 27.3 Å². The quantitative estimate of drug-likeness (QED) is 0.861. The van der Waals surface area contributed by atoms with Crippen molar-refractivity contribution >= 4 is 0 Å². The normalized spacial score (nSPS) is 23.8. The lowest BCUT2D eigenvalue weighted by molar-refractivity contribution is 0.0274. The van der Waals surface area contributed by atoms with E-state index in [1.807, 2.05) is 18.2 Å². The molecule has 3 rings (SSSR count). The predicted molar refractivity (Wildman–Crippen MR) is 81.9 cm³/mol. The van der Waals surface area contributed by atoms with Crippen molar-refractivity contribution in [1.29, 1.82) is 0 Å². The van der Waals surface area contributed by atoms with E-state index in [4.69, 9.17) is 0 Å². The van der Waals surface area contributed by atoms with Crippen molar-refractivity contribution in [3.63, 3.8) is 0 Å². The third-order valence-electron chi connectivity index (χ3n) is 4.10. The highest BCUT2D eigenvalue weighted by atomic mass is 16.3. The number of benzene rings is 1. The van der Waals surface area contributed by atoms with Crippen molar-refractivity contribution in [3.8, 4) is 0 Å². The topological polar surface area (TPSA) is 74.4 Å². The summed E-state index contributed by atoms with van der Waals surface area (Å²) in [6.45, 7) is 4.38. The molecule has 2 N–H and O–H groups in total. The molecule has 1 aromatic heterocycles. The predicted octanol–water partition coefficient (Wildman–Crippen LogP) is 0.968. The summed E-state index contributed by atoms with van der Waals surface area (Å²) < 4.78 is 1.62. The van der Waals surface area contributed by atoms with Gasteiger partial charge in [0, 0.05) is 19.6 Å². The zero-order valence-electron chi connectivity index (χ0n) is 12.8. The second-order valence-electron chi connectivity index (χ2n) is 6.19. The first kappa shape index (κ1) is 15.1. The van der Waals surface area contributed by atoms with Gasteiger partial charge in [-0.15, -0.1) is 5.10 Å². The highest BCUT2D eigenvalue weighted by molar-refractivity contribution is 5.15. The van der Waals surface area contributed by atoms with Crippen molar-refractivity contribution in [1.82, 2.24) is 19.9 Å². The Hall–Kier alpha value is -1.76. The maximum atomic E-state index is 10.7. The Morgan fingerprint density at radius 2 is 2.09 bits per heavy atom. The van der Waals surface area contributed by atoms with E-state index in [0.717, 1.165) is 13.1 Å². The summed E-state index contributed by atoms with van der Waals surface area (Å²) in [6, 6.07) is 10.3. The Morgan fingerprint density at radius 3 is 2.77 bits per heavy atom. The summed E-state index contributed by atoms with van der Waals surface area (Å²) >= 11 is 0. The number of rotatable bonds is 5. The minimum atomic E-state index is -0.793. The summed E-state index contributed by atoms with van der Waals surface area (Å²) in [7, 11) is 0. The van der Waals surface area contributed by atoms with Gasteiger partial charge in [0.05, 0.1) is 24.4 Å². The minimum Gasteiger partial charge on any atom is -0.387 e. The lowest BCUT2D eigenvalue weighted by atomic mass is 10.0. The number of β-amino-alcohol motifs (C(OH)–C–C–N with tert-alkyl or cyclic N) is 1. The van der Waals surface area contributed by atoms with Crippen LogP contribution < -0.4 is 0 Å². The fraction of sp³-hybridized carbons (Fsp3) is 0.500. The third-order valence-corrected chi connectivity index (χ3v) is 4.10. The van der Waals surface area contributed by atoms with E-state index in [9.17, 15) is 10.2 Å². The second kappa shape index (κ2) is 6.16. The lowest BCUT2D eigenvalue weighted by Crippen LogP contribution is -2.37. The van der Waals surface area contributed by atoms with Gasteiger partial charge in [-0.3, -0.25) is 4.90 Å². The zero-order chi connectivity index (χ0) is 15.6. The van der Waals surface area contributed by atoms with Crippen molar-refractivity contribution in [2.45, 2.75) is 38.1 Å².